The van der Waals surface area contributed by atoms with E-state index < -0.39 is 98.1 Å². The first-order valence-electron chi connectivity index (χ1n) is 17.0. The summed E-state index contributed by atoms with van der Waals surface area (Å²) in [5, 5.41) is 19.2. The number of alkyl halides is 17. The molecule has 0 unspecified atom stereocenters. The minimum atomic E-state index is -8.68. The number of aliphatic hydroxyl groups is 1. The number of rotatable bonds is 22. The third-order valence-corrected chi connectivity index (χ3v) is 15.1. The molecule has 0 aliphatic heterocycles. The highest BCUT2D eigenvalue weighted by atomic mass is 28.4. The molecule has 0 spiro atoms. The van der Waals surface area contributed by atoms with Gasteiger partial charge in [-0.3, -0.25) is 10.0 Å². The summed E-state index contributed by atoms with van der Waals surface area (Å²) in [7, 11) is -3.95. The van der Waals surface area contributed by atoms with Gasteiger partial charge in [0.15, 0.2) is 8.32 Å². The van der Waals surface area contributed by atoms with Crippen LogP contribution in [0, 0.1) is 5.92 Å². The van der Waals surface area contributed by atoms with E-state index in [9.17, 15) is 84.5 Å². The molecular weight excluding hydrogens is 853 g/mol. The summed E-state index contributed by atoms with van der Waals surface area (Å²) >= 11 is 0. The highest BCUT2D eigenvalue weighted by Gasteiger charge is 2.95. The van der Waals surface area contributed by atoms with Crippen LogP contribution in [-0.4, -0.2) is 85.4 Å². The van der Waals surface area contributed by atoms with Crippen molar-refractivity contribution in [3.05, 3.63) is 53.6 Å². The van der Waals surface area contributed by atoms with Crippen LogP contribution < -0.4 is 10.2 Å². The van der Waals surface area contributed by atoms with Crippen LogP contribution in [-0.2, 0) is 9.22 Å². The third-order valence-electron chi connectivity index (χ3n) is 9.41. The van der Waals surface area contributed by atoms with Gasteiger partial charge >= 0.3 is 47.6 Å². The molecule has 0 fully saturated rings. The van der Waals surface area contributed by atoms with Gasteiger partial charge in [-0.15, -0.1) is 0 Å². The number of hydrogen-bond donors (Lipinski definition) is 3. The van der Waals surface area contributed by atoms with E-state index in [1.54, 1.807) is 26.0 Å². The van der Waals surface area contributed by atoms with Crippen molar-refractivity contribution in [1.82, 2.24) is 5.48 Å². The second-order valence-electron chi connectivity index (χ2n) is 14.1. The van der Waals surface area contributed by atoms with Gasteiger partial charge in [0.1, 0.15) is 12.4 Å². The van der Waals surface area contributed by atoms with Crippen LogP contribution in [0.3, 0.4) is 0 Å². The summed E-state index contributed by atoms with van der Waals surface area (Å²) < 4.78 is 246. The number of aliphatic hydroxyl groups excluding tert-OH is 1. The average Bonchev–Trinajstić information content (AvgIpc) is 3.09. The number of halogens is 17. The Labute approximate surface area is 322 Å². The van der Waals surface area contributed by atoms with Crippen molar-refractivity contribution >= 4 is 14.2 Å². The molecule has 1 amide bonds. The Bertz CT molecular complexity index is 1560. The van der Waals surface area contributed by atoms with Gasteiger partial charge in [0.05, 0.1) is 12.7 Å². The van der Waals surface area contributed by atoms with Gasteiger partial charge in [-0.05, 0) is 59.7 Å². The third kappa shape index (κ3) is 10.4. The van der Waals surface area contributed by atoms with Crippen LogP contribution in [0.4, 0.5) is 74.6 Å². The van der Waals surface area contributed by atoms with E-state index in [-0.39, 0.29) is 18.3 Å². The Morgan fingerprint density at radius 2 is 1.17 bits per heavy atom. The maximum Gasteiger partial charge on any atom is 0.460 e. The quantitative estimate of drug-likeness (QED) is 0.0205. The van der Waals surface area contributed by atoms with E-state index in [2.05, 4.69) is 0 Å². The molecule has 1 aromatic rings. The molecule has 0 aliphatic carbocycles. The summed E-state index contributed by atoms with van der Waals surface area (Å²) in [6.07, 6.45) is -6.59. The average molecular weight is 896 g/mol. The lowest BCUT2D eigenvalue weighted by atomic mass is 9.88. The number of hydroxylamine groups is 1. The van der Waals surface area contributed by atoms with E-state index in [0.29, 0.717) is 17.6 Å². The number of allylic oxidation sites excluding steroid dienone is 3. The minimum absolute atomic E-state index is 0.168. The molecule has 1 rings (SSSR count). The van der Waals surface area contributed by atoms with Crippen LogP contribution >= 0.6 is 0 Å². The fourth-order valence-electron chi connectivity index (χ4n) is 5.72. The van der Waals surface area contributed by atoms with Gasteiger partial charge in [0, 0.05) is 12.5 Å². The lowest BCUT2D eigenvalue weighted by Gasteiger charge is -2.44. The van der Waals surface area contributed by atoms with E-state index in [1.807, 2.05) is 0 Å². The largest absolute Gasteiger partial charge is 0.491 e. The first-order chi connectivity index (χ1) is 26.0. The molecule has 6 nitrogen and oxygen atoms in total. The Hall–Kier alpha value is -3.12. The first kappa shape index (κ1) is 52.9. The van der Waals surface area contributed by atoms with Crippen molar-refractivity contribution in [3.63, 3.8) is 0 Å². The van der Waals surface area contributed by atoms with Crippen molar-refractivity contribution in [2.24, 2.45) is 5.92 Å². The Kier molecular flexibility index (Phi) is 17.0. The Morgan fingerprint density at radius 3 is 1.60 bits per heavy atom. The van der Waals surface area contributed by atoms with Crippen LogP contribution in [0.1, 0.15) is 66.1 Å². The van der Waals surface area contributed by atoms with Crippen LogP contribution in [0.5, 0.6) is 5.75 Å². The highest BCUT2D eigenvalue weighted by Crippen LogP contribution is 2.64. The van der Waals surface area contributed by atoms with Crippen LogP contribution in [0.25, 0.3) is 0 Å². The Balaban J connectivity index is 3.16. The zero-order valence-electron chi connectivity index (χ0n) is 31.4. The topological polar surface area (TPSA) is 88.0 Å². The molecular formula is C34H42F17NO5Si. The zero-order chi connectivity index (χ0) is 45.7. The number of nitrogens with one attached hydrogen (secondary N) is 1. The number of hydrogen-bond acceptors (Lipinski definition) is 5. The molecule has 0 bridgehead atoms. The van der Waals surface area contributed by atoms with Crippen molar-refractivity contribution in [2.45, 2.75) is 125 Å². The van der Waals surface area contributed by atoms with E-state index in [4.69, 9.17) is 14.4 Å². The number of ether oxygens (including phenoxy) is 1. The summed E-state index contributed by atoms with van der Waals surface area (Å²) in [6.45, 7) is 7.75. The molecule has 0 saturated carbocycles. The number of carbonyl (C=O) groups is 1. The molecule has 0 saturated heterocycles. The molecule has 24 heteroatoms. The monoisotopic (exact) mass is 895 g/mol. The summed E-state index contributed by atoms with van der Waals surface area (Å²) in [5.41, 5.74) is 0.682. The standard InChI is InChI=1S/C34H42F17NO5Si/c1-19(2)58(20(3)4,57-16-15-56-24-12-10-23(11-13-24)26(54)22(6)9-7-8-21(5)18-25(53)52-55)17-14-27(35,36)28(37,38)29(39,40)30(41,42)31(43,44)32(45,46)33(47,48)34(49,50)51/h7-8,10-13,18-20,22,26,54-55H,9,14-17H2,1-6H3,(H,52,53)/b8-7+,21-18+/t22-,26+/m1/s1. The Morgan fingerprint density at radius 1 is 0.724 bits per heavy atom. The predicted molar refractivity (Wildman–Crippen MR) is 176 cm³/mol. The molecule has 0 heterocycles. The smallest absolute Gasteiger partial charge is 0.460 e. The molecule has 0 aliphatic rings. The molecule has 0 aromatic heterocycles. The fourth-order valence-corrected chi connectivity index (χ4v) is 10.2. The van der Waals surface area contributed by atoms with Crippen molar-refractivity contribution in [2.75, 3.05) is 13.2 Å². The van der Waals surface area contributed by atoms with Crippen LogP contribution in [0.15, 0.2) is 48.1 Å². The predicted octanol–water partition coefficient (Wildman–Crippen LogP) is 11.3. The van der Waals surface area contributed by atoms with Gasteiger partial charge in [-0.25, -0.2) is 5.48 Å². The van der Waals surface area contributed by atoms with Crippen LogP contribution in [0.2, 0.25) is 17.1 Å². The van der Waals surface area contributed by atoms with Crippen molar-refractivity contribution in [3.8, 4) is 5.75 Å². The molecule has 336 valence electrons. The second kappa shape index (κ2) is 18.6. The highest BCUT2D eigenvalue weighted by molar-refractivity contribution is 6.76. The van der Waals surface area contributed by atoms with E-state index >= 15 is 0 Å². The van der Waals surface area contributed by atoms with Crippen molar-refractivity contribution in [1.29, 1.82) is 0 Å². The van der Waals surface area contributed by atoms with Gasteiger partial charge in [-0.2, -0.15) is 74.6 Å². The van der Waals surface area contributed by atoms with Crippen molar-refractivity contribution < 1.29 is 98.9 Å². The minimum Gasteiger partial charge on any atom is -0.491 e. The lowest BCUT2D eigenvalue weighted by Crippen LogP contribution is -2.74. The second-order valence-corrected chi connectivity index (χ2v) is 19.1. The summed E-state index contributed by atoms with van der Waals surface area (Å²) in [5.74, 6) is -57.6. The van der Waals surface area contributed by atoms with E-state index in [0.717, 1.165) is 6.08 Å². The van der Waals surface area contributed by atoms with Gasteiger partial charge in [0.25, 0.3) is 5.91 Å². The number of benzene rings is 1. The lowest BCUT2D eigenvalue weighted by molar-refractivity contribution is -0.461. The molecule has 0 radical (unpaired) electrons. The molecule has 3 N–H and O–H groups in total. The molecule has 1 aromatic carbocycles. The fraction of sp³-hybridized carbons (Fsp3) is 0.676. The first-order valence-corrected chi connectivity index (χ1v) is 19.3. The SMILES string of the molecule is CC(/C=C/C[C@@H](C)[C@H](O)c1ccc(OCCO[Si](CCC(F)(F)C(F)(F)C(F)(F)C(F)(F)C(F)(F)C(F)(F)C(F)(F)C(F)(F)F)(C(C)C)C(C)C)cc1)=C\C(=O)NO. The van der Waals surface area contributed by atoms with Gasteiger partial charge in [-0.1, -0.05) is 58.9 Å². The zero-order valence-corrected chi connectivity index (χ0v) is 32.4. The normalized spacial score (nSPS) is 16.0. The summed E-state index contributed by atoms with van der Waals surface area (Å²) in [6, 6.07) is 4.50. The summed E-state index contributed by atoms with van der Waals surface area (Å²) in [4.78, 5) is 11.2. The number of carbonyl (C=O) groups excluding carboxylic acids is 1. The molecule has 58 heavy (non-hydrogen) atoms. The van der Waals surface area contributed by atoms with Gasteiger partial charge in [0.2, 0.25) is 0 Å². The maximum absolute atomic E-state index is 14.9. The number of amides is 1. The van der Waals surface area contributed by atoms with E-state index in [1.165, 1.54) is 57.4 Å². The van der Waals surface area contributed by atoms with Gasteiger partial charge < -0.3 is 14.3 Å². The maximum atomic E-state index is 14.9. The molecule has 2 atom stereocenters.